The fourth-order valence-corrected chi connectivity index (χ4v) is 1.36. The molecule has 0 aliphatic carbocycles. The van der Waals surface area contributed by atoms with Crippen LogP contribution in [0.5, 0.6) is 0 Å². The molecule has 1 nitrogen and oxygen atoms in total. The summed E-state index contributed by atoms with van der Waals surface area (Å²) in [6, 6.07) is 3.38. The SMILES string of the molecule is Cc1cc(C(F)(F)F)ccc1C(C)N. The molecule has 1 aromatic carbocycles. The number of aryl methyl sites for hydroxylation is 1. The highest BCUT2D eigenvalue weighted by atomic mass is 19.4. The molecule has 0 bridgehead atoms. The Morgan fingerprint density at radius 3 is 2.21 bits per heavy atom. The first-order valence-corrected chi connectivity index (χ1v) is 4.25. The summed E-state index contributed by atoms with van der Waals surface area (Å²) in [6.45, 7) is 3.38. The third-order valence-electron chi connectivity index (χ3n) is 2.09. The number of rotatable bonds is 1. The van der Waals surface area contributed by atoms with Crippen LogP contribution < -0.4 is 5.73 Å². The van der Waals surface area contributed by atoms with Gasteiger partial charge in [0.2, 0.25) is 0 Å². The average Bonchev–Trinajstić information content (AvgIpc) is 2.01. The number of nitrogens with two attached hydrogens (primary N) is 1. The minimum absolute atomic E-state index is 0.239. The van der Waals surface area contributed by atoms with Crippen LogP contribution in [0.2, 0.25) is 0 Å². The van der Waals surface area contributed by atoms with Gasteiger partial charge in [-0.15, -0.1) is 0 Å². The van der Waals surface area contributed by atoms with E-state index in [2.05, 4.69) is 0 Å². The van der Waals surface area contributed by atoms with Gasteiger partial charge in [-0.2, -0.15) is 13.2 Å². The van der Waals surface area contributed by atoms with E-state index in [0.29, 0.717) is 5.56 Å². The molecule has 0 aliphatic rings. The van der Waals surface area contributed by atoms with Gasteiger partial charge in [0.05, 0.1) is 5.56 Å². The lowest BCUT2D eigenvalue weighted by atomic mass is 10.0. The fraction of sp³-hybridized carbons (Fsp3) is 0.400. The zero-order chi connectivity index (χ0) is 10.9. The molecule has 0 saturated carbocycles. The van der Waals surface area contributed by atoms with Crippen molar-refractivity contribution in [1.29, 1.82) is 0 Å². The van der Waals surface area contributed by atoms with E-state index < -0.39 is 11.7 Å². The van der Waals surface area contributed by atoms with Gasteiger partial charge in [-0.25, -0.2) is 0 Å². The molecule has 0 radical (unpaired) electrons. The molecule has 0 spiro atoms. The molecule has 0 heterocycles. The molecule has 1 unspecified atom stereocenters. The summed E-state index contributed by atoms with van der Waals surface area (Å²) >= 11 is 0. The zero-order valence-corrected chi connectivity index (χ0v) is 8.02. The number of hydrogen-bond acceptors (Lipinski definition) is 1. The molecule has 78 valence electrons. The predicted molar refractivity (Wildman–Crippen MR) is 48.8 cm³/mol. The van der Waals surface area contributed by atoms with E-state index in [1.165, 1.54) is 6.07 Å². The molecule has 1 rings (SSSR count). The Morgan fingerprint density at radius 2 is 1.86 bits per heavy atom. The van der Waals surface area contributed by atoms with E-state index in [1.807, 2.05) is 0 Å². The van der Waals surface area contributed by atoms with Crippen molar-refractivity contribution in [1.82, 2.24) is 0 Å². The van der Waals surface area contributed by atoms with Crippen molar-refractivity contribution < 1.29 is 13.2 Å². The zero-order valence-electron chi connectivity index (χ0n) is 8.02. The van der Waals surface area contributed by atoms with Gasteiger partial charge in [0.15, 0.2) is 0 Å². The Labute approximate surface area is 80.7 Å². The maximum Gasteiger partial charge on any atom is 0.416 e. The summed E-state index contributed by atoms with van der Waals surface area (Å²) < 4.78 is 36.8. The van der Waals surface area contributed by atoms with Crippen LogP contribution in [0.1, 0.15) is 29.7 Å². The van der Waals surface area contributed by atoms with Crippen LogP contribution in [0, 0.1) is 6.92 Å². The maximum atomic E-state index is 12.3. The smallest absolute Gasteiger partial charge is 0.324 e. The first-order chi connectivity index (χ1) is 6.32. The normalized spacial score (nSPS) is 14.1. The summed E-state index contributed by atoms with van der Waals surface area (Å²) in [5, 5.41) is 0. The molecule has 0 saturated heterocycles. The highest BCUT2D eigenvalue weighted by Gasteiger charge is 2.30. The van der Waals surface area contributed by atoms with Crippen LogP contribution in [-0.4, -0.2) is 0 Å². The van der Waals surface area contributed by atoms with Gasteiger partial charge in [-0.3, -0.25) is 0 Å². The van der Waals surface area contributed by atoms with Crippen LogP contribution >= 0.6 is 0 Å². The van der Waals surface area contributed by atoms with Crippen molar-refractivity contribution in [3.05, 3.63) is 34.9 Å². The van der Waals surface area contributed by atoms with Crippen LogP contribution in [0.25, 0.3) is 0 Å². The van der Waals surface area contributed by atoms with Gasteiger partial charge in [0.1, 0.15) is 0 Å². The van der Waals surface area contributed by atoms with Crippen molar-refractivity contribution >= 4 is 0 Å². The summed E-state index contributed by atoms with van der Waals surface area (Å²) in [5.41, 5.74) is 6.29. The lowest BCUT2D eigenvalue weighted by molar-refractivity contribution is -0.137. The van der Waals surface area contributed by atoms with Crippen LogP contribution in [0.15, 0.2) is 18.2 Å². The largest absolute Gasteiger partial charge is 0.416 e. The van der Waals surface area contributed by atoms with E-state index in [9.17, 15) is 13.2 Å². The fourth-order valence-electron chi connectivity index (χ4n) is 1.36. The van der Waals surface area contributed by atoms with Crippen molar-refractivity contribution in [3.63, 3.8) is 0 Å². The molecular weight excluding hydrogens is 191 g/mol. The summed E-state index contributed by atoms with van der Waals surface area (Å²) in [7, 11) is 0. The highest BCUT2D eigenvalue weighted by Crippen LogP contribution is 2.31. The second-order valence-corrected chi connectivity index (χ2v) is 3.36. The third-order valence-corrected chi connectivity index (χ3v) is 2.09. The van der Waals surface area contributed by atoms with Gasteiger partial charge in [0, 0.05) is 6.04 Å². The van der Waals surface area contributed by atoms with E-state index in [0.717, 1.165) is 17.7 Å². The van der Waals surface area contributed by atoms with Crippen molar-refractivity contribution in [2.45, 2.75) is 26.1 Å². The van der Waals surface area contributed by atoms with Gasteiger partial charge in [-0.1, -0.05) is 6.07 Å². The predicted octanol–water partition coefficient (Wildman–Crippen LogP) is 3.03. The Bertz CT molecular complexity index is 329. The lowest BCUT2D eigenvalue weighted by Crippen LogP contribution is -2.10. The van der Waals surface area contributed by atoms with E-state index in [-0.39, 0.29) is 6.04 Å². The number of benzene rings is 1. The standard InChI is InChI=1S/C10H12F3N/c1-6-5-8(10(11,12)13)3-4-9(6)7(2)14/h3-5,7H,14H2,1-2H3. The van der Waals surface area contributed by atoms with E-state index in [4.69, 9.17) is 5.73 Å². The van der Waals surface area contributed by atoms with Gasteiger partial charge >= 0.3 is 6.18 Å². The molecule has 0 amide bonds. The molecule has 14 heavy (non-hydrogen) atoms. The van der Waals surface area contributed by atoms with Crippen LogP contribution in [0.3, 0.4) is 0 Å². The lowest BCUT2D eigenvalue weighted by Gasteiger charge is -2.13. The molecule has 4 heteroatoms. The van der Waals surface area contributed by atoms with Crippen molar-refractivity contribution in [3.8, 4) is 0 Å². The molecule has 1 atom stereocenters. The van der Waals surface area contributed by atoms with E-state index >= 15 is 0 Å². The number of halogens is 3. The highest BCUT2D eigenvalue weighted by molar-refractivity contribution is 5.34. The van der Waals surface area contributed by atoms with E-state index in [1.54, 1.807) is 13.8 Å². The van der Waals surface area contributed by atoms with Crippen molar-refractivity contribution in [2.75, 3.05) is 0 Å². The second-order valence-electron chi connectivity index (χ2n) is 3.36. The van der Waals surface area contributed by atoms with Crippen molar-refractivity contribution in [2.24, 2.45) is 5.73 Å². The topological polar surface area (TPSA) is 26.0 Å². The maximum absolute atomic E-state index is 12.3. The van der Waals surface area contributed by atoms with Gasteiger partial charge in [-0.05, 0) is 37.1 Å². The monoisotopic (exact) mass is 203 g/mol. The third kappa shape index (κ3) is 2.26. The number of alkyl halides is 3. The first-order valence-electron chi connectivity index (χ1n) is 4.25. The second kappa shape index (κ2) is 3.61. The Morgan fingerprint density at radius 1 is 1.29 bits per heavy atom. The molecular formula is C10H12F3N. The summed E-state index contributed by atoms with van der Waals surface area (Å²) in [6.07, 6.45) is -4.28. The number of hydrogen-bond donors (Lipinski definition) is 1. The van der Waals surface area contributed by atoms with Gasteiger partial charge in [0.25, 0.3) is 0 Å². The Kier molecular flexibility index (Phi) is 2.85. The summed E-state index contributed by atoms with van der Waals surface area (Å²) in [5.74, 6) is 0. The van der Waals surface area contributed by atoms with Crippen LogP contribution in [-0.2, 0) is 6.18 Å². The quantitative estimate of drug-likeness (QED) is 0.745. The summed E-state index contributed by atoms with van der Waals surface area (Å²) in [4.78, 5) is 0. The molecule has 2 N–H and O–H groups in total. The molecule has 1 aromatic rings. The Balaban J connectivity index is 3.13. The minimum atomic E-state index is -4.28. The first kappa shape index (κ1) is 11.0. The molecule has 0 aromatic heterocycles. The Hall–Kier alpha value is -1.03. The van der Waals surface area contributed by atoms with Gasteiger partial charge < -0.3 is 5.73 Å². The molecule has 0 fully saturated rings. The molecule has 0 aliphatic heterocycles. The minimum Gasteiger partial charge on any atom is -0.324 e. The van der Waals surface area contributed by atoms with Crippen LogP contribution in [0.4, 0.5) is 13.2 Å². The average molecular weight is 203 g/mol.